The van der Waals surface area contributed by atoms with Crippen LogP contribution in [-0.2, 0) is 30.4 Å². The number of fused-ring (bicyclic) bond motifs is 6. The molecule has 5 rings (SSSR count). The molecule has 1 aromatic carbocycles. The first kappa shape index (κ1) is 25.8. The minimum absolute atomic E-state index is 0.0559. The number of ether oxygens (including phenoxy) is 4. The second-order valence-electron chi connectivity index (χ2n) is 9.73. The van der Waals surface area contributed by atoms with Crippen molar-refractivity contribution in [2.24, 2.45) is 0 Å². The molecule has 13 heteroatoms. The molecule has 0 aliphatic carbocycles. The van der Waals surface area contributed by atoms with Gasteiger partial charge in [-0.25, -0.2) is 0 Å². The minimum atomic E-state index is -1.75. The molecule has 4 aliphatic rings. The van der Waals surface area contributed by atoms with Crippen molar-refractivity contribution in [1.82, 2.24) is 10.2 Å². The van der Waals surface area contributed by atoms with Crippen LogP contribution in [-0.4, -0.2) is 106 Å². The second kappa shape index (κ2) is 10.2. The molecule has 2 saturated heterocycles. The molecule has 13 nitrogen and oxygen atoms in total. The van der Waals surface area contributed by atoms with Gasteiger partial charge in [-0.3, -0.25) is 14.4 Å². The lowest BCUT2D eigenvalue weighted by Crippen LogP contribution is -2.65. The van der Waals surface area contributed by atoms with E-state index in [-0.39, 0.29) is 32.1 Å². The summed E-state index contributed by atoms with van der Waals surface area (Å²) >= 11 is 0. The summed E-state index contributed by atoms with van der Waals surface area (Å²) in [7, 11) is 0. The average Bonchev–Trinajstić information content (AvgIpc) is 3.25. The average molecular weight is 523 g/mol. The summed E-state index contributed by atoms with van der Waals surface area (Å²) in [5.41, 5.74) is 1.44. The molecule has 2 amide bonds. The fourth-order valence-corrected chi connectivity index (χ4v) is 5.39. The van der Waals surface area contributed by atoms with Crippen LogP contribution in [0.3, 0.4) is 0 Å². The summed E-state index contributed by atoms with van der Waals surface area (Å²) in [5.74, 6) is -1.07. The summed E-state index contributed by atoms with van der Waals surface area (Å²) in [5, 5.41) is 43.8. The molecule has 8 atom stereocenters. The first-order chi connectivity index (χ1) is 17.7. The molecule has 0 unspecified atom stereocenters. The van der Waals surface area contributed by atoms with Crippen molar-refractivity contribution >= 4 is 17.6 Å². The number of hydrogen-bond acceptors (Lipinski definition) is 11. The molecule has 2 bridgehead atoms. The number of Topliss-reactive ketones (excluding diaryl/α,β-unsaturated/α-hetero) is 1. The highest BCUT2D eigenvalue weighted by molar-refractivity contribution is 5.90. The SMILES string of the molecule is CC(=O)N[C@H]1[C@H](O[C@@H]2CC(=O)[C@@H]3CCN(Cc4cc5c(cc43)OCO5)C(=O)[C@H]2O)O[C@H](CO)[C@@H](O)[C@@H]1O. The molecule has 0 spiro atoms. The van der Waals surface area contributed by atoms with E-state index in [1.54, 1.807) is 12.1 Å². The highest BCUT2D eigenvalue weighted by Crippen LogP contribution is 2.41. The Bertz CT molecular complexity index is 1080. The first-order valence-corrected chi connectivity index (χ1v) is 12.1. The van der Waals surface area contributed by atoms with Gasteiger partial charge in [-0.05, 0) is 29.7 Å². The van der Waals surface area contributed by atoms with Crippen LogP contribution in [0.25, 0.3) is 0 Å². The first-order valence-electron chi connectivity index (χ1n) is 12.1. The smallest absolute Gasteiger partial charge is 0.254 e. The Balaban J connectivity index is 1.45. The highest BCUT2D eigenvalue weighted by atomic mass is 16.7. The monoisotopic (exact) mass is 522 g/mol. The summed E-state index contributed by atoms with van der Waals surface area (Å²) in [6, 6.07) is 2.21. The maximum atomic E-state index is 13.6. The lowest BCUT2D eigenvalue weighted by Gasteiger charge is -2.43. The number of ketones is 1. The van der Waals surface area contributed by atoms with Crippen LogP contribution < -0.4 is 14.8 Å². The Morgan fingerprint density at radius 3 is 2.59 bits per heavy atom. The quantitative estimate of drug-likeness (QED) is 0.292. The Morgan fingerprint density at radius 2 is 1.89 bits per heavy atom. The highest BCUT2D eigenvalue weighted by Gasteiger charge is 2.48. The maximum absolute atomic E-state index is 13.6. The number of nitrogens with zero attached hydrogens (tertiary/aromatic N) is 1. The number of amides is 2. The number of aliphatic hydroxyl groups excluding tert-OH is 4. The standard InChI is InChI=1S/C24H30N2O11/c1-10(28)25-19-22(32)20(30)18(8-27)37-24(19)36-17-6-14(29)12-2-3-26(23(33)21(17)31)7-11-4-15-16(5-13(11)12)35-9-34-15/h4-5,12,17-22,24,27,30-32H,2-3,6-9H2,1H3,(H,25,28)/t12-,17-,18-,19-,20-,21+,22-,24-/m1/s1. The van der Waals surface area contributed by atoms with Gasteiger partial charge >= 0.3 is 0 Å². The van der Waals surface area contributed by atoms with Gasteiger partial charge in [0.2, 0.25) is 12.7 Å². The zero-order valence-corrected chi connectivity index (χ0v) is 20.1. The van der Waals surface area contributed by atoms with Gasteiger partial charge in [0.05, 0.1) is 6.61 Å². The van der Waals surface area contributed by atoms with E-state index in [0.29, 0.717) is 23.5 Å². The molecule has 0 saturated carbocycles. The van der Waals surface area contributed by atoms with Gasteiger partial charge in [0, 0.05) is 32.4 Å². The van der Waals surface area contributed by atoms with Gasteiger partial charge in [0.15, 0.2) is 23.9 Å². The third-order valence-corrected chi connectivity index (χ3v) is 7.33. The molecule has 0 radical (unpaired) electrons. The molecule has 4 heterocycles. The van der Waals surface area contributed by atoms with Gasteiger partial charge in [-0.1, -0.05) is 0 Å². The number of nitrogens with one attached hydrogen (secondary N) is 1. The van der Waals surface area contributed by atoms with Gasteiger partial charge in [-0.2, -0.15) is 0 Å². The van der Waals surface area contributed by atoms with E-state index in [9.17, 15) is 34.8 Å². The number of carbonyl (C=O) groups is 3. The van der Waals surface area contributed by atoms with Crippen LogP contribution in [0, 0.1) is 0 Å². The predicted octanol–water partition coefficient (Wildman–Crippen LogP) is -2.11. The summed E-state index contributed by atoms with van der Waals surface area (Å²) in [6.07, 6.45) is -9.03. The largest absolute Gasteiger partial charge is 0.454 e. The Labute approximate surface area is 211 Å². The van der Waals surface area contributed by atoms with Crippen LogP contribution in [0.4, 0.5) is 0 Å². The van der Waals surface area contributed by atoms with E-state index >= 15 is 0 Å². The van der Waals surface area contributed by atoms with Gasteiger partial charge in [-0.15, -0.1) is 0 Å². The van der Waals surface area contributed by atoms with E-state index in [4.69, 9.17) is 18.9 Å². The molecule has 2 fully saturated rings. The summed E-state index contributed by atoms with van der Waals surface area (Å²) < 4.78 is 22.4. The van der Waals surface area contributed by atoms with Crippen molar-refractivity contribution in [3.05, 3.63) is 23.3 Å². The Hall–Kier alpha value is -2.81. The van der Waals surface area contributed by atoms with Crippen LogP contribution in [0.2, 0.25) is 0 Å². The number of aliphatic hydroxyl groups is 4. The molecule has 5 N–H and O–H groups in total. The third kappa shape index (κ3) is 4.78. The number of hydrogen-bond donors (Lipinski definition) is 5. The van der Waals surface area contributed by atoms with Crippen LogP contribution in [0.5, 0.6) is 11.5 Å². The lowest BCUT2D eigenvalue weighted by atomic mass is 9.86. The summed E-state index contributed by atoms with van der Waals surface area (Å²) in [6.45, 7) is 0.947. The lowest BCUT2D eigenvalue weighted by molar-refractivity contribution is -0.288. The fraction of sp³-hybridized carbons (Fsp3) is 0.625. The van der Waals surface area contributed by atoms with E-state index in [0.717, 1.165) is 5.56 Å². The predicted molar refractivity (Wildman–Crippen MR) is 121 cm³/mol. The summed E-state index contributed by atoms with van der Waals surface area (Å²) in [4.78, 5) is 40.1. The third-order valence-electron chi connectivity index (χ3n) is 7.33. The minimum Gasteiger partial charge on any atom is -0.454 e. The van der Waals surface area contributed by atoms with Gasteiger partial charge in [0.25, 0.3) is 5.91 Å². The molecule has 0 aromatic heterocycles. The second-order valence-corrected chi connectivity index (χ2v) is 9.73. The van der Waals surface area contributed by atoms with Crippen molar-refractivity contribution in [3.8, 4) is 11.5 Å². The van der Waals surface area contributed by atoms with Crippen molar-refractivity contribution in [3.63, 3.8) is 0 Å². The van der Waals surface area contributed by atoms with Crippen molar-refractivity contribution in [2.45, 2.75) is 75.1 Å². The molecule has 4 aliphatic heterocycles. The van der Waals surface area contributed by atoms with Crippen molar-refractivity contribution < 1.29 is 53.8 Å². The zero-order valence-electron chi connectivity index (χ0n) is 20.1. The number of benzene rings is 1. The van der Waals surface area contributed by atoms with Crippen LogP contribution >= 0.6 is 0 Å². The molecular formula is C24H30N2O11. The normalized spacial score (nSPS) is 35.3. The molecular weight excluding hydrogens is 492 g/mol. The fourth-order valence-electron chi connectivity index (χ4n) is 5.39. The molecule has 1 aromatic rings. The zero-order chi connectivity index (χ0) is 26.4. The maximum Gasteiger partial charge on any atom is 0.254 e. The molecule has 202 valence electrons. The van der Waals surface area contributed by atoms with Crippen molar-refractivity contribution in [1.29, 1.82) is 0 Å². The van der Waals surface area contributed by atoms with Crippen molar-refractivity contribution in [2.75, 3.05) is 19.9 Å². The van der Waals surface area contributed by atoms with Crippen LogP contribution in [0.15, 0.2) is 12.1 Å². The molecule has 37 heavy (non-hydrogen) atoms. The van der Waals surface area contributed by atoms with Gasteiger partial charge in [0.1, 0.15) is 36.2 Å². The van der Waals surface area contributed by atoms with E-state index in [1.807, 2.05) is 0 Å². The van der Waals surface area contributed by atoms with E-state index in [2.05, 4.69) is 5.32 Å². The Kier molecular flexibility index (Phi) is 7.09. The van der Waals surface area contributed by atoms with Gasteiger partial charge < -0.3 is 49.6 Å². The van der Waals surface area contributed by atoms with E-state index in [1.165, 1.54) is 11.8 Å². The Morgan fingerprint density at radius 1 is 1.16 bits per heavy atom. The van der Waals surface area contributed by atoms with E-state index < -0.39 is 67.2 Å². The topological polar surface area (TPSA) is 184 Å². The number of rotatable bonds is 4. The van der Waals surface area contributed by atoms with Crippen LogP contribution in [0.1, 0.15) is 36.8 Å². The number of carbonyl (C=O) groups excluding carboxylic acids is 3.